The Morgan fingerprint density at radius 3 is 2.88 bits per heavy atom. The van der Waals surface area contributed by atoms with Crippen LogP contribution in [0.3, 0.4) is 0 Å². The van der Waals surface area contributed by atoms with Crippen molar-refractivity contribution in [3.8, 4) is 5.75 Å². The highest BCUT2D eigenvalue weighted by atomic mass is 35.5. The van der Waals surface area contributed by atoms with E-state index >= 15 is 0 Å². The summed E-state index contributed by atoms with van der Waals surface area (Å²) in [6.45, 7) is 2.14. The molecule has 0 heterocycles. The van der Waals surface area contributed by atoms with Crippen LogP contribution in [0.2, 0.25) is 5.02 Å². The molecule has 0 aliphatic rings. The number of hydrogen-bond acceptors (Lipinski definition) is 4. The third-order valence-electron chi connectivity index (χ3n) is 2.04. The molecule has 4 nitrogen and oxygen atoms in total. The van der Waals surface area contributed by atoms with Crippen LogP contribution in [0.25, 0.3) is 0 Å². The van der Waals surface area contributed by atoms with E-state index in [1.165, 1.54) is 0 Å². The molecule has 0 saturated heterocycles. The van der Waals surface area contributed by atoms with E-state index in [1.54, 1.807) is 25.1 Å². The van der Waals surface area contributed by atoms with Gasteiger partial charge in [-0.3, -0.25) is 0 Å². The molecule has 0 spiro atoms. The Labute approximate surface area is 99.1 Å². The van der Waals surface area contributed by atoms with E-state index in [0.29, 0.717) is 35.1 Å². The van der Waals surface area contributed by atoms with Crippen molar-refractivity contribution in [2.75, 3.05) is 13.2 Å². The minimum Gasteiger partial charge on any atom is -0.493 e. The predicted molar refractivity (Wildman–Crippen MR) is 62.6 cm³/mol. The molecule has 0 aliphatic carbocycles. The average Bonchev–Trinajstić information content (AvgIpc) is 2.30. The van der Waals surface area contributed by atoms with Crippen LogP contribution in [0, 0.1) is 0 Å². The van der Waals surface area contributed by atoms with Crippen LogP contribution in [0.1, 0.15) is 18.9 Å². The van der Waals surface area contributed by atoms with Gasteiger partial charge in [0, 0.05) is 23.6 Å². The third-order valence-corrected chi connectivity index (χ3v) is 2.28. The lowest BCUT2D eigenvalue weighted by atomic mass is 10.1. The van der Waals surface area contributed by atoms with Gasteiger partial charge in [0.15, 0.2) is 0 Å². The first-order chi connectivity index (χ1) is 7.69. The minimum absolute atomic E-state index is 0.0794. The van der Waals surface area contributed by atoms with E-state index in [4.69, 9.17) is 26.7 Å². The van der Waals surface area contributed by atoms with Crippen LogP contribution in [-0.2, 0) is 0 Å². The van der Waals surface area contributed by atoms with Gasteiger partial charge in [0.1, 0.15) is 5.75 Å². The fourth-order valence-electron chi connectivity index (χ4n) is 1.21. The number of aliphatic hydroxyl groups is 1. The Morgan fingerprint density at radius 1 is 1.50 bits per heavy atom. The Balaban J connectivity index is 2.89. The molecular formula is C11H14ClNO3. The van der Waals surface area contributed by atoms with Gasteiger partial charge in [0.25, 0.3) is 0 Å². The Morgan fingerprint density at radius 2 is 2.25 bits per heavy atom. The van der Waals surface area contributed by atoms with Gasteiger partial charge in [-0.1, -0.05) is 16.8 Å². The molecule has 0 saturated carbocycles. The van der Waals surface area contributed by atoms with Gasteiger partial charge in [0.05, 0.1) is 12.3 Å². The van der Waals surface area contributed by atoms with E-state index < -0.39 is 0 Å². The molecule has 1 rings (SSSR count). The third kappa shape index (κ3) is 3.40. The SMILES string of the molecule is C/C(=N\O)c1cc(Cl)ccc1OCCCO. The normalized spacial score (nSPS) is 11.6. The Hall–Kier alpha value is -1.26. The van der Waals surface area contributed by atoms with Gasteiger partial charge < -0.3 is 15.1 Å². The van der Waals surface area contributed by atoms with Crippen LogP contribution in [0.5, 0.6) is 5.75 Å². The number of aliphatic hydroxyl groups excluding tert-OH is 1. The number of benzene rings is 1. The zero-order valence-electron chi connectivity index (χ0n) is 8.98. The lowest BCUT2D eigenvalue weighted by Gasteiger charge is -2.10. The van der Waals surface area contributed by atoms with Crippen molar-refractivity contribution in [1.29, 1.82) is 0 Å². The molecule has 0 aromatic heterocycles. The molecule has 1 aromatic rings. The Kier molecular flexibility index (Phi) is 5.08. The lowest BCUT2D eigenvalue weighted by Crippen LogP contribution is -2.04. The monoisotopic (exact) mass is 243 g/mol. The molecule has 0 radical (unpaired) electrons. The fourth-order valence-corrected chi connectivity index (χ4v) is 1.38. The number of rotatable bonds is 5. The zero-order chi connectivity index (χ0) is 12.0. The summed E-state index contributed by atoms with van der Waals surface area (Å²) >= 11 is 5.85. The molecule has 1 aromatic carbocycles. The predicted octanol–water partition coefficient (Wildman–Crippen LogP) is 2.30. The average molecular weight is 244 g/mol. The van der Waals surface area contributed by atoms with Gasteiger partial charge in [-0.15, -0.1) is 0 Å². The van der Waals surface area contributed by atoms with Gasteiger partial charge in [-0.05, 0) is 25.1 Å². The number of oxime groups is 1. The maximum atomic E-state index is 8.72. The largest absolute Gasteiger partial charge is 0.493 e. The van der Waals surface area contributed by atoms with Crippen LogP contribution in [0.15, 0.2) is 23.4 Å². The summed E-state index contributed by atoms with van der Waals surface area (Å²) in [5, 5.41) is 21.0. The smallest absolute Gasteiger partial charge is 0.128 e. The molecule has 16 heavy (non-hydrogen) atoms. The number of hydrogen-bond donors (Lipinski definition) is 2. The summed E-state index contributed by atoms with van der Waals surface area (Å²) in [5.74, 6) is 0.591. The van der Waals surface area contributed by atoms with E-state index in [9.17, 15) is 0 Å². The molecule has 2 N–H and O–H groups in total. The maximum absolute atomic E-state index is 8.72. The van der Waals surface area contributed by atoms with E-state index in [2.05, 4.69) is 5.16 Å². The molecule has 0 aliphatic heterocycles. The summed E-state index contributed by atoms with van der Waals surface area (Å²) in [6, 6.07) is 5.08. The van der Waals surface area contributed by atoms with Gasteiger partial charge in [-0.2, -0.15) is 0 Å². The molecule has 0 amide bonds. The van der Waals surface area contributed by atoms with Gasteiger partial charge in [-0.25, -0.2) is 0 Å². The summed E-state index contributed by atoms with van der Waals surface area (Å²) in [6.07, 6.45) is 0.553. The second-order valence-electron chi connectivity index (χ2n) is 3.25. The van der Waals surface area contributed by atoms with Crippen LogP contribution in [0.4, 0.5) is 0 Å². The number of halogens is 1. The first kappa shape index (κ1) is 12.8. The first-order valence-electron chi connectivity index (χ1n) is 4.91. The second kappa shape index (κ2) is 6.35. The quantitative estimate of drug-likeness (QED) is 0.361. The molecular weight excluding hydrogens is 230 g/mol. The van der Waals surface area contributed by atoms with Crippen LogP contribution < -0.4 is 4.74 Å². The summed E-state index contributed by atoms with van der Waals surface area (Å²) in [7, 11) is 0. The van der Waals surface area contributed by atoms with Crippen molar-refractivity contribution in [1.82, 2.24) is 0 Å². The van der Waals surface area contributed by atoms with Crippen molar-refractivity contribution >= 4 is 17.3 Å². The van der Waals surface area contributed by atoms with Crippen molar-refractivity contribution in [3.05, 3.63) is 28.8 Å². The zero-order valence-corrected chi connectivity index (χ0v) is 9.74. The molecule has 0 atom stereocenters. The second-order valence-corrected chi connectivity index (χ2v) is 3.69. The number of nitrogens with zero attached hydrogens (tertiary/aromatic N) is 1. The maximum Gasteiger partial charge on any atom is 0.128 e. The summed E-state index contributed by atoms with van der Waals surface area (Å²) < 4.78 is 5.44. The number of ether oxygens (including phenoxy) is 1. The topological polar surface area (TPSA) is 62.1 Å². The van der Waals surface area contributed by atoms with Crippen molar-refractivity contribution < 1.29 is 15.1 Å². The van der Waals surface area contributed by atoms with E-state index in [-0.39, 0.29) is 6.61 Å². The molecule has 5 heteroatoms. The standard InChI is InChI=1S/C11H14ClNO3/c1-8(13-15)10-7-9(12)3-4-11(10)16-6-2-5-14/h3-4,7,14-15H,2,5-6H2,1H3/b13-8+. The van der Waals surface area contributed by atoms with Crippen LogP contribution in [-0.4, -0.2) is 29.2 Å². The summed E-state index contributed by atoms with van der Waals surface area (Å²) in [4.78, 5) is 0. The van der Waals surface area contributed by atoms with E-state index in [0.717, 1.165) is 0 Å². The van der Waals surface area contributed by atoms with Crippen molar-refractivity contribution in [2.45, 2.75) is 13.3 Å². The van der Waals surface area contributed by atoms with Crippen LogP contribution >= 0.6 is 11.6 Å². The first-order valence-corrected chi connectivity index (χ1v) is 5.29. The fraction of sp³-hybridized carbons (Fsp3) is 0.364. The Bertz CT molecular complexity index is 379. The van der Waals surface area contributed by atoms with Gasteiger partial charge >= 0.3 is 0 Å². The molecule has 0 fully saturated rings. The highest BCUT2D eigenvalue weighted by molar-refractivity contribution is 6.31. The minimum atomic E-state index is 0.0794. The van der Waals surface area contributed by atoms with Crippen molar-refractivity contribution in [2.24, 2.45) is 5.16 Å². The molecule has 0 unspecified atom stereocenters. The summed E-state index contributed by atoms with van der Waals surface area (Å²) in [5.41, 5.74) is 1.08. The van der Waals surface area contributed by atoms with Gasteiger partial charge in [0.2, 0.25) is 0 Å². The van der Waals surface area contributed by atoms with E-state index in [1.807, 2.05) is 0 Å². The molecule has 0 bridgehead atoms. The lowest BCUT2D eigenvalue weighted by molar-refractivity contribution is 0.233. The highest BCUT2D eigenvalue weighted by Crippen LogP contribution is 2.23. The molecule has 88 valence electrons. The highest BCUT2D eigenvalue weighted by Gasteiger charge is 2.08. The van der Waals surface area contributed by atoms with Crippen molar-refractivity contribution in [3.63, 3.8) is 0 Å².